The van der Waals surface area contributed by atoms with Crippen molar-refractivity contribution in [3.63, 3.8) is 0 Å². The van der Waals surface area contributed by atoms with Gasteiger partial charge in [-0.3, -0.25) is 0 Å². The van der Waals surface area contributed by atoms with Crippen LogP contribution in [0.4, 0.5) is 0 Å². The predicted octanol–water partition coefficient (Wildman–Crippen LogP) is 1.16. The molecule has 60 valence electrons. The largest absolute Gasteiger partial charge is 0.377 e. The summed E-state index contributed by atoms with van der Waals surface area (Å²) in [7, 11) is 0. The Labute approximate surface area is 63.0 Å². The van der Waals surface area contributed by atoms with E-state index >= 15 is 0 Å². The molecule has 0 spiro atoms. The van der Waals surface area contributed by atoms with Crippen molar-refractivity contribution in [1.82, 2.24) is 5.32 Å². The second-order valence-electron chi connectivity index (χ2n) is 2.82. The quantitative estimate of drug-likeness (QED) is 0.563. The monoisotopic (exact) mass is 143 g/mol. The van der Waals surface area contributed by atoms with E-state index in [1.165, 1.54) is 19.3 Å². The van der Waals surface area contributed by atoms with E-state index in [0.717, 1.165) is 19.7 Å². The molecule has 0 aliphatic heterocycles. The third-order valence-electron chi connectivity index (χ3n) is 1.58. The second kappa shape index (κ2) is 4.69. The first-order valence-electron chi connectivity index (χ1n) is 4.26. The maximum atomic E-state index is 5.44. The summed E-state index contributed by atoms with van der Waals surface area (Å²) in [6, 6.07) is 0. The van der Waals surface area contributed by atoms with Crippen LogP contribution in [-0.4, -0.2) is 25.8 Å². The van der Waals surface area contributed by atoms with Crippen LogP contribution >= 0.6 is 0 Å². The lowest BCUT2D eigenvalue weighted by molar-refractivity contribution is 0.121. The van der Waals surface area contributed by atoms with E-state index in [2.05, 4.69) is 12.2 Å². The van der Waals surface area contributed by atoms with Crippen LogP contribution in [0, 0.1) is 0 Å². The van der Waals surface area contributed by atoms with Crippen molar-refractivity contribution in [1.29, 1.82) is 0 Å². The lowest BCUT2D eigenvalue weighted by atomic mass is 10.5. The molecule has 10 heavy (non-hydrogen) atoms. The van der Waals surface area contributed by atoms with Crippen molar-refractivity contribution in [3.05, 3.63) is 0 Å². The number of nitrogens with one attached hydrogen (secondary N) is 1. The molecule has 1 N–H and O–H groups in total. The molecule has 0 atom stereocenters. The SMILES string of the molecule is CCCNCCOC1CC1. The van der Waals surface area contributed by atoms with Crippen LogP contribution in [0.15, 0.2) is 0 Å². The number of rotatable bonds is 6. The van der Waals surface area contributed by atoms with Gasteiger partial charge in [-0.05, 0) is 25.8 Å². The molecular weight excluding hydrogens is 126 g/mol. The predicted molar refractivity (Wildman–Crippen MR) is 42.1 cm³/mol. The minimum atomic E-state index is 0.614. The molecular formula is C8H17NO. The van der Waals surface area contributed by atoms with Gasteiger partial charge in [0.2, 0.25) is 0 Å². The van der Waals surface area contributed by atoms with Crippen molar-refractivity contribution in [2.24, 2.45) is 0 Å². The van der Waals surface area contributed by atoms with Crippen LogP contribution in [-0.2, 0) is 4.74 Å². The fraction of sp³-hybridized carbons (Fsp3) is 1.00. The third-order valence-corrected chi connectivity index (χ3v) is 1.58. The average molecular weight is 143 g/mol. The first kappa shape index (κ1) is 8.02. The summed E-state index contributed by atoms with van der Waals surface area (Å²) in [5, 5.41) is 3.29. The van der Waals surface area contributed by atoms with E-state index in [1.54, 1.807) is 0 Å². The highest BCUT2D eigenvalue weighted by molar-refractivity contribution is 4.72. The van der Waals surface area contributed by atoms with Crippen molar-refractivity contribution >= 4 is 0 Å². The fourth-order valence-corrected chi connectivity index (χ4v) is 0.834. The Morgan fingerprint density at radius 3 is 2.80 bits per heavy atom. The Kier molecular flexibility index (Phi) is 3.76. The number of hydrogen-bond donors (Lipinski definition) is 1. The molecule has 0 radical (unpaired) electrons. The maximum absolute atomic E-state index is 5.44. The summed E-state index contributed by atoms with van der Waals surface area (Å²) < 4.78 is 5.44. The van der Waals surface area contributed by atoms with Crippen LogP contribution in [0.1, 0.15) is 26.2 Å². The molecule has 0 heterocycles. The molecule has 2 heteroatoms. The average Bonchev–Trinajstić information content (AvgIpc) is 2.71. The summed E-state index contributed by atoms with van der Waals surface area (Å²) in [4.78, 5) is 0. The molecule has 0 saturated heterocycles. The summed E-state index contributed by atoms with van der Waals surface area (Å²) in [6.07, 6.45) is 4.40. The minimum absolute atomic E-state index is 0.614. The first-order chi connectivity index (χ1) is 4.93. The molecule has 1 aliphatic carbocycles. The molecule has 2 nitrogen and oxygen atoms in total. The van der Waals surface area contributed by atoms with E-state index in [4.69, 9.17) is 4.74 Å². The number of hydrogen-bond acceptors (Lipinski definition) is 2. The normalized spacial score (nSPS) is 17.7. The van der Waals surface area contributed by atoms with Gasteiger partial charge in [0, 0.05) is 6.54 Å². The van der Waals surface area contributed by atoms with E-state index < -0.39 is 0 Å². The first-order valence-corrected chi connectivity index (χ1v) is 4.26. The van der Waals surface area contributed by atoms with E-state index in [0.29, 0.717) is 6.10 Å². The third kappa shape index (κ3) is 3.85. The topological polar surface area (TPSA) is 21.3 Å². The van der Waals surface area contributed by atoms with Gasteiger partial charge < -0.3 is 10.1 Å². The van der Waals surface area contributed by atoms with E-state index in [1.807, 2.05) is 0 Å². The molecule has 1 aliphatic rings. The van der Waals surface area contributed by atoms with Gasteiger partial charge in [0.05, 0.1) is 12.7 Å². The molecule has 0 aromatic carbocycles. The van der Waals surface area contributed by atoms with Gasteiger partial charge in [-0.25, -0.2) is 0 Å². The zero-order valence-electron chi connectivity index (χ0n) is 6.73. The fourth-order valence-electron chi connectivity index (χ4n) is 0.834. The Hall–Kier alpha value is -0.0800. The van der Waals surface area contributed by atoms with Gasteiger partial charge in [0.1, 0.15) is 0 Å². The van der Waals surface area contributed by atoms with Crippen LogP contribution in [0.25, 0.3) is 0 Å². The molecule has 1 fully saturated rings. The Morgan fingerprint density at radius 2 is 2.20 bits per heavy atom. The van der Waals surface area contributed by atoms with Crippen molar-refractivity contribution in [3.8, 4) is 0 Å². The van der Waals surface area contributed by atoms with Crippen LogP contribution < -0.4 is 5.32 Å². The van der Waals surface area contributed by atoms with Gasteiger partial charge in [-0.15, -0.1) is 0 Å². The van der Waals surface area contributed by atoms with Crippen LogP contribution in [0.3, 0.4) is 0 Å². The van der Waals surface area contributed by atoms with Gasteiger partial charge in [0.15, 0.2) is 0 Å². The molecule has 1 saturated carbocycles. The highest BCUT2D eigenvalue weighted by atomic mass is 16.5. The minimum Gasteiger partial charge on any atom is -0.377 e. The molecule has 1 rings (SSSR count). The van der Waals surface area contributed by atoms with Crippen molar-refractivity contribution in [2.75, 3.05) is 19.7 Å². The van der Waals surface area contributed by atoms with Crippen molar-refractivity contribution in [2.45, 2.75) is 32.3 Å². The highest BCUT2D eigenvalue weighted by Gasteiger charge is 2.21. The lowest BCUT2D eigenvalue weighted by Crippen LogP contribution is -2.20. The summed E-state index contributed by atoms with van der Waals surface area (Å²) in [5.41, 5.74) is 0. The smallest absolute Gasteiger partial charge is 0.0594 e. The molecule has 0 bridgehead atoms. The zero-order chi connectivity index (χ0) is 7.23. The second-order valence-corrected chi connectivity index (χ2v) is 2.82. The Balaban J connectivity index is 1.68. The zero-order valence-corrected chi connectivity index (χ0v) is 6.73. The van der Waals surface area contributed by atoms with Crippen LogP contribution in [0.5, 0.6) is 0 Å². The van der Waals surface area contributed by atoms with Crippen molar-refractivity contribution < 1.29 is 4.74 Å². The summed E-state index contributed by atoms with van der Waals surface area (Å²) >= 11 is 0. The Morgan fingerprint density at radius 1 is 1.40 bits per heavy atom. The van der Waals surface area contributed by atoms with E-state index in [9.17, 15) is 0 Å². The van der Waals surface area contributed by atoms with Gasteiger partial charge in [0.25, 0.3) is 0 Å². The number of ether oxygens (including phenoxy) is 1. The van der Waals surface area contributed by atoms with Gasteiger partial charge >= 0.3 is 0 Å². The maximum Gasteiger partial charge on any atom is 0.0594 e. The van der Waals surface area contributed by atoms with Gasteiger partial charge in [-0.2, -0.15) is 0 Å². The van der Waals surface area contributed by atoms with Crippen LogP contribution in [0.2, 0.25) is 0 Å². The molecule has 0 amide bonds. The standard InChI is InChI=1S/C8H17NO/c1-2-5-9-6-7-10-8-3-4-8/h8-9H,2-7H2,1H3. The highest BCUT2D eigenvalue weighted by Crippen LogP contribution is 2.22. The lowest BCUT2D eigenvalue weighted by Gasteiger charge is -2.02. The molecule has 0 aromatic heterocycles. The molecule has 0 unspecified atom stereocenters. The molecule has 0 aromatic rings. The Bertz CT molecular complexity index is 81.3. The summed E-state index contributed by atoms with van der Waals surface area (Å²) in [6.45, 7) is 5.21. The summed E-state index contributed by atoms with van der Waals surface area (Å²) in [5.74, 6) is 0. The van der Waals surface area contributed by atoms with Gasteiger partial charge in [-0.1, -0.05) is 6.92 Å². The van der Waals surface area contributed by atoms with E-state index in [-0.39, 0.29) is 0 Å².